The molecule has 0 aliphatic carbocycles. The van der Waals surface area contributed by atoms with Crippen LogP contribution in [0.3, 0.4) is 0 Å². The Morgan fingerprint density at radius 3 is 2.10 bits per heavy atom. The lowest BCUT2D eigenvalue weighted by Gasteiger charge is -2.13. The number of nitrogens with one attached hydrogen (secondary N) is 1. The first-order chi connectivity index (χ1) is 4.49. The summed E-state index contributed by atoms with van der Waals surface area (Å²) in [6.45, 7) is 7.90. The Morgan fingerprint density at radius 1 is 1.50 bits per heavy atom. The zero-order chi connectivity index (χ0) is 8.20. The van der Waals surface area contributed by atoms with Gasteiger partial charge in [-0.05, 0) is 20.8 Å². The van der Waals surface area contributed by atoms with Gasteiger partial charge in [-0.3, -0.25) is 15.7 Å². The molecule has 3 heteroatoms. The summed E-state index contributed by atoms with van der Waals surface area (Å²) in [6, 6.07) is 0. The van der Waals surface area contributed by atoms with E-state index >= 15 is 0 Å². The lowest BCUT2D eigenvalue weighted by atomic mass is 10.1. The Labute approximate surface area is 62.1 Å². The molecule has 60 valence electrons. The second-order valence-electron chi connectivity index (χ2n) is 3.19. The molecule has 0 unspecified atom stereocenters. The maximum absolute atomic E-state index is 8.51. The van der Waals surface area contributed by atoms with Gasteiger partial charge in [-0.25, -0.2) is 0 Å². The van der Waals surface area contributed by atoms with Crippen LogP contribution in [-0.2, 0) is 0 Å². The lowest BCUT2D eigenvalue weighted by Crippen LogP contribution is -2.23. The summed E-state index contributed by atoms with van der Waals surface area (Å²) in [6.07, 6.45) is 0.730. The van der Waals surface area contributed by atoms with E-state index < -0.39 is 0 Å². The van der Waals surface area contributed by atoms with Crippen LogP contribution in [0.1, 0.15) is 34.1 Å². The first-order valence-electron chi connectivity index (χ1n) is 3.48. The zero-order valence-electron chi connectivity index (χ0n) is 7.10. The summed E-state index contributed by atoms with van der Waals surface area (Å²) >= 11 is 0. The van der Waals surface area contributed by atoms with Crippen LogP contribution in [0.2, 0.25) is 0 Å². The Kier molecular flexibility index (Phi) is 3.36. The van der Waals surface area contributed by atoms with Crippen LogP contribution in [0, 0.1) is 0 Å². The number of hydrogen-bond acceptors (Lipinski definition) is 2. The van der Waals surface area contributed by atoms with Crippen molar-refractivity contribution in [3.8, 4) is 0 Å². The van der Waals surface area contributed by atoms with E-state index in [2.05, 4.69) is 10.5 Å². The second-order valence-corrected chi connectivity index (χ2v) is 3.19. The van der Waals surface area contributed by atoms with Gasteiger partial charge in [0.15, 0.2) is 0 Å². The molecule has 0 rings (SSSR count). The minimum absolute atomic E-state index is 0.110. The van der Waals surface area contributed by atoms with Crippen LogP contribution in [0.25, 0.3) is 0 Å². The fourth-order valence-corrected chi connectivity index (χ4v) is 0.588. The molecule has 0 heterocycles. The van der Waals surface area contributed by atoms with Crippen molar-refractivity contribution in [3.05, 3.63) is 0 Å². The predicted octanol–water partition coefficient (Wildman–Crippen LogP) is 1.57. The van der Waals surface area contributed by atoms with Crippen LogP contribution < -0.4 is 5.48 Å². The van der Waals surface area contributed by atoms with Crippen LogP contribution in [0.5, 0.6) is 0 Å². The van der Waals surface area contributed by atoms with Crippen LogP contribution >= 0.6 is 0 Å². The zero-order valence-corrected chi connectivity index (χ0v) is 7.10. The molecule has 0 aromatic heterocycles. The van der Waals surface area contributed by atoms with Gasteiger partial charge in [0, 0.05) is 6.42 Å². The van der Waals surface area contributed by atoms with Crippen molar-refractivity contribution in [2.75, 3.05) is 0 Å². The van der Waals surface area contributed by atoms with Crippen molar-refractivity contribution in [3.63, 3.8) is 0 Å². The number of nitrogens with zero attached hydrogens (tertiary/aromatic N) is 1. The molecular weight excluding hydrogens is 128 g/mol. The first kappa shape index (κ1) is 9.43. The third-order valence-corrected chi connectivity index (χ3v) is 0.934. The van der Waals surface area contributed by atoms with Gasteiger partial charge >= 0.3 is 0 Å². The highest BCUT2D eigenvalue weighted by molar-refractivity contribution is 5.81. The number of hydrogen-bond donors (Lipinski definition) is 2. The van der Waals surface area contributed by atoms with Crippen molar-refractivity contribution >= 4 is 5.84 Å². The summed E-state index contributed by atoms with van der Waals surface area (Å²) < 4.78 is 0. The van der Waals surface area contributed by atoms with Crippen molar-refractivity contribution in [1.82, 2.24) is 5.48 Å². The standard InChI is InChI=1S/C7H16N2O/c1-5-6(9-10)8-7(2,3)4/h10H,5H2,1-4H3,(H,8,9). The van der Waals surface area contributed by atoms with Crippen molar-refractivity contribution in [1.29, 1.82) is 0 Å². The Balaban J connectivity index is 4.11. The van der Waals surface area contributed by atoms with E-state index in [1.165, 1.54) is 0 Å². The van der Waals surface area contributed by atoms with E-state index in [9.17, 15) is 0 Å². The normalized spacial score (nSPS) is 13.5. The van der Waals surface area contributed by atoms with Gasteiger partial charge in [0.05, 0.1) is 5.54 Å². The summed E-state index contributed by atoms with van der Waals surface area (Å²) in [5.41, 5.74) is 1.95. The quantitative estimate of drug-likeness (QED) is 0.333. The van der Waals surface area contributed by atoms with E-state index in [-0.39, 0.29) is 5.54 Å². The van der Waals surface area contributed by atoms with E-state index in [4.69, 9.17) is 5.21 Å². The fourth-order valence-electron chi connectivity index (χ4n) is 0.588. The van der Waals surface area contributed by atoms with Crippen molar-refractivity contribution in [2.45, 2.75) is 39.7 Å². The molecule has 0 saturated heterocycles. The molecule has 0 aliphatic heterocycles. The Morgan fingerprint density at radius 2 is 2.00 bits per heavy atom. The van der Waals surface area contributed by atoms with E-state index in [0.29, 0.717) is 5.84 Å². The summed E-state index contributed by atoms with van der Waals surface area (Å²) in [5, 5.41) is 8.51. The van der Waals surface area contributed by atoms with E-state index in [0.717, 1.165) is 6.42 Å². The van der Waals surface area contributed by atoms with Crippen LogP contribution in [0.4, 0.5) is 0 Å². The highest BCUT2D eigenvalue weighted by atomic mass is 16.5. The average molecular weight is 144 g/mol. The first-order valence-corrected chi connectivity index (χ1v) is 3.48. The monoisotopic (exact) mass is 144 g/mol. The molecule has 0 radical (unpaired) electrons. The van der Waals surface area contributed by atoms with Crippen molar-refractivity contribution < 1.29 is 5.21 Å². The van der Waals surface area contributed by atoms with Gasteiger partial charge in [-0.2, -0.15) is 0 Å². The Hall–Kier alpha value is -0.570. The minimum Gasteiger partial charge on any atom is -0.290 e. The SMILES string of the molecule is CCC(=NC(C)(C)C)NO. The van der Waals surface area contributed by atoms with Gasteiger partial charge < -0.3 is 0 Å². The molecule has 0 aromatic carbocycles. The maximum atomic E-state index is 8.51. The summed E-state index contributed by atoms with van der Waals surface area (Å²) in [4.78, 5) is 4.20. The molecule has 0 amide bonds. The summed E-state index contributed by atoms with van der Waals surface area (Å²) in [7, 11) is 0. The van der Waals surface area contributed by atoms with Gasteiger partial charge in [-0.15, -0.1) is 0 Å². The number of hydroxylamine groups is 1. The number of rotatable bonds is 1. The number of amidine groups is 1. The van der Waals surface area contributed by atoms with Gasteiger partial charge in [0.25, 0.3) is 0 Å². The molecule has 2 N–H and O–H groups in total. The molecule has 3 nitrogen and oxygen atoms in total. The predicted molar refractivity (Wildman–Crippen MR) is 42.4 cm³/mol. The van der Waals surface area contributed by atoms with Gasteiger partial charge in [-0.1, -0.05) is 6.92 Å². The molecule has 10 heavy (non-hydrogen) atoms. The second kappa shape index (κ2) is 3.56. The van der Waals surface area contributed by atoms with Crippen molar-refractivity contribution in [2.24, 2.45) is 4.99 Å². The molecule has 0 aliphatic rings. The third-order valence-electron chi connectivity index (χ3n) is 0.934. The molecule has 0 bridgehead atoms. The van der Waals surface area contributed by atoms with E-state index in [1.807, 2.05) is 27.7 Å². The van der Waals surface area contributed by atoms with Crippen LogP contribution in [0.15, 0.2) is 4.99 Å². The average Bonchev–Trinajstić information content (AvgIpc) is 1.81. The Bertz CT molecular complexity index is 118. The number of aliphatic imine (C=N–C) groups is 1. The molecular formula is C7H16N2O. The minimum atomic E-state index is -0.110. The highest BCUT2D eigenvalue weighted by Gasteiger charge is 2.07. The summed E-state index contributed by atoms with van der Waals surface area (Å²) in [5.74, 6) is 0.632. The van der Waals surface area contributed by atoms with Crippen LogP contribution in [-0.4, -0.2) is 16.6 Å². The fraction of sp³-hybridized carbons (Fsp3) is 0.857. The lowest BCUT2D eigenvalue weighted by molar-refractivity contribution is 0.230. The largest absolute Gasteiger partial charge is 0.290 e. The van der Waals surface area contributed by atoms with E-state index in [1.54, 1.807) is 0 Å². The molecule has 0 atom stereocenters. The third kappa shape index (κ3) is 4.32. The maximum Gasteiger partial charge on any atom is 0.120 e. The van der Waals surface area contributed by atoms with Gasteiger partial charge in [0.2, 0.25) is 0 Å². The molecule has 0 saturated carbocycles. The smallest absolute Gasteiger partial charge is 0.120 e. The highest BCUT2D eigenvalue weighted by Crippen LogP contribution is 2.06. The van der Waals surface area contributed by atoms with Gasteiger partial charge in [0.1, 0.15) is 5.84 Å². The molecule has 0 fully saturated rings. The molecule has 0 aromatic rings. The molecule has 0 spiro atoms. The topological polar surface area (TPSA) is 44.6 Å².